The van der Waals surface area contributed by atoms with E-state index in [1.807, 2.05) is 18.2 Å². The maximum atomic E-state index is 10.4. The molecule has 0 aliphatic heterocycles. The molecule has 25 heavy (non-hydrogen) atoms. The molecule has 2 heteroatoms. The van der Waals surface area contributed by atoms with E-state index in [4.69, 9.17) is 0 Å². The molecule has 1 nitrogen and oxygen atoms in total. The highest BCUT2D eigenvalue weighted by Gasteiger charge is 2.44. The molecule has 128 valence electrons. The van der Waals surface area contributed by atoms with Crippen LogP contribution in [-0.2, 0) is 0 Å². The minimum Gasteiger partial charge on any atom is -0.507 e. The lowest BCUT2D eigenvalue weighted by Crippen LogP contribution is -2.62. The number of hydrogen-bond acceptors (Lipinski definition) is 1. The van der Waals surface area contributed by atoms with E-state index in [1.54, 1.807) is 6.07 Å². The lowest BCUT2D eigenvalue weighted by Gasteiger charge is -2.42. The zero-order valence-electron chi connectivity index (χ0n) is 15.5. The Kier molecular flexibility index (Phi) is 4.57. The summed E-state index contributed by atoms with van der Waals surface area (Å²) in [6.07, 6.45) is 0. The minimum atomic E-state index is -2.06. The largest absolute Gasteiger partial charge is 0.507 e. The molecule has 1 atom stereocenters. The SMILES string of the molecule is CC(C)(C)[Si@@](C)(c1ccccc1)c1ccccc1-c1ccccc1O. The van der Waals surface area contributed by atoms with Gasteiger partial charge in [-0.1, -0.05) is 105 Å². The molecule has 3 aromatic carbocycles. The van der Waals surface area contributed by atoms with E-state index < -0.39 is 8.07 Å². The van der Waals surface area contributed by atoms with Gasteiger partial charge in [-0.2, -0.15) is 0 Å². The molecular formula is C23H26OSi. The molecule has 0 unspecified atom stereocenters. The number of phenolic OH excluding ortho intramolecular Hbond substituents is 1. The van der Waals surface area contributed by atoms with Gasteiger partial charge >= 0.3 is 0 Å². The summed E-state index contributed by atoms with van der Waals surface area (Å²) in [5.74, 6) is 0.341. The predicted octanol–water partition coefficient (Wildman–Crippen LogP) is 5.05. The maximum absolute atomic E-state index is 10.4. The topological polar surface area (TPSA) is 20.2 Å². The molecule has 3 rings (SSSR count). The molecule has 0 amide bonds. The van der Waals surface area contributed by atoms with Crippen molar-refractivity contribution >= 4 is 18.4 Å². The minimum absolute atomic E-state index is 0.134. The van der Waals surface area contributed by atoms with Gasteiger partial charge in [-0.3, -0.25) is 0 Å². The first-order chi connectivity index (χ1) is 11.9. The van der Waals surface area contributed by atoms with Crippen LogP contribution in [0, 0.1) is 0 Å². The number of hydrogen-bond donors (Lipinski definition) is 1. The third kappa shape index (κ3) is 3.02. The average molecular weight is 347 g/mol. The van der Waals surface area contributed by atoms with Crippen molar-refractivity contribution in [3.05, 3.63) is 78.9 Å². The van der Waals surface area contributed by atoms with Gasteiger partial charge in [-0.05, 0) is 21.9 Å². The first kappa shape index (κ1) is 17.5. The van der Waals surface area contributed by atoms with Crippen molar-refractivity contribution in [2.45, 2.75) is 32.4 Å². The van der Waals surface area contributed by atoms with Crippen molar-refractivity contribution in [3.63, 3.8) is 0 Å². The number of para-hydroxylation sites is 1. The molecular weight excluding hydrogens is 320 g/mol. The Morgan fingerprint density at radius 2 is 1.20 bits per heavy atom. The Bertz CT molecular complexity index is 865. The average Bonchev–Trinajstić information content (AvgIpc) is 2.61. The number of phenols is 1. The molecule has 0 radical (unpaired) electrons. The Morgan fingerprint density at radius 1 is 0.680 bits per heavy atom. The van der Waals surface area contributed by atoms with Crippen LogP contribution in [0.5, 0.6) is 5.75 Å². The van der Waals surface area contributed by atoms with Crippen LogP contribution in [0.3, 0.4) is 0 Å². The van der Waals surface area contributed by atoms with E-state index in [9.17, 15) is 5.11 Å². The van der Waals surface area contributed by atoms with Crippen molar-refractivity contribution in [3.8, 4) is 16.9 Å². The van der Waals surface area contributed by atoms with Crippen LogP contribution in [0.25, 0.3) is 11.1 Å². The van der Waals surface area contributed by atoms with Crippen LogP contribution in [0.4, 0.5) is 0 Å². The lowest BCUT2D eigenvalue weighted by molar-refractivity contribution is 0.477. The summed E-state index contributed by atoms with van der Waals surface area (Å²) < 4.78 is 0. The third-order valence-electron chi connectivity index (χ3n) is 5.51. The van der Waals surface area contributed by atoms with Gasteiger partial charge in [0.05, 0.1) is 0 Å². The Hall–Kier alpha value is -2.32. The molecule has 3 aromatic rings. The van der Waals surface area contributed by atoms with E-state index >= 15 is 0 Å². The van der Waals surface area contributed by atoms with Gasteiger partial charge in [0, 0.05) is 5.56 Å². The molecule has 0 spiro atoms. The quantitative estimate of drug-likeness (QED) is 0.658. The molecule has 0 saturated heterocycles. The molecule has 0 aliphatic rings. The third-order valence-corrected chi connectivity index (χ3v) is 11.5. The van der Waals surface area contributed by atoms with Gasteiger partial charge in [-0.15, -0.1) is 0 Å². The second-order valence-electron chi connectivity index (χ2n) is 7.80. The van der Waals surface area contributed by atoms with Crippen molar-refractivity contribution in [1.29, 1.82) is 0 Å². The van der Waals surface area contributed by atoms with Crippen LogP contribution in [-0.4, -0.2) is 13.2 Å². The Labute approximate surface area is 152 Å². The van der Waals surface area contributed by atoms with Crippen LogP contribution in [0.1, 0.15) is 20.8 Å². The first-order valence-electron chi connectivity index (χ1n) is 8.79. The number of aromatic hydroxyl groups is 1. The van der Waals surface area contributed by atoms with E-state index in [0.717, 1.165) is 11.1 Å². The predicted molar refractivity (Wildman–Crippen MR) is 111 cm³/mol. The Morgan fingerprint density at radius 3 is 1.80 bits per heavy atom. The monoisotopic (exact) mass is 346 g/mol. The molecule has 0 heterocycles. The molecule has 0 fully saturated rings. The summed E-state index contributed by atoms with van der Waals surface area (Å²) >= 11 is 0. The fraction of sp³-hybridized carbons (Fsp3) is 0.217. The number of rotatable bonds is 3. The summed E-state index contributed by atoms with van der Waals surface area (Å²) in [5, 5.41) is 13.4. The van der Waals surface area contributed by atoms with Gasteiger partial charge in [0.2, 0.25) is 0 Å². The zero-order valence-corrected chi connectivity index (χ0v) is 16.5. The molecule has 1 N–H and O–H groups in total. The van der Waals surface area contributed by atoms with Crippen LogP contribution < -0.4 is 10.4 Å². The fourth-order valence-electron chi connectivity index (χ4n) is 3.62. The van der Waals surface area contributed by atoms with Gasteiger partial charge in [0.25, 0.3) is 0 Å². The summed E-state index contributed by atoms with van der Waals surface area (Å²) in [7, 11) is -2.06. The first-order valence-corrected chi connectivity index (χ1v) is 11.3. The van der Waals surface area contributed by atoms with Crippen LogP contribution in [0.15, 0.2) is 78.9 Å². The number of benzene rings is 3. The van der Waals surface area contributed by atoms with Crippen molar-refractivity contribution < 1.29 is 5.11 Å². The highest BCUT2D eigenvalue weighted by molar-refractivity contribution is 7.04. The van der Waals surface area contributed by atoms with Crippen LogP contribution in [0.2, 0.25) is 11.6 Å². The molecule has 0 aromatic heterocycles. The summed E-state index contributed by atoms with van der Waals surface area (Å²) in [6, 6.07) is 27.1. The second kappa shape index (κ2) is 6.53. The van der Waals surface area contributed by atoms with Crippen molar-refractivity contribution in [1.82, 2.24) is 0 Å². The normalized spacial score (nSPS) is 14.1. The van der Waals surface area contributed by atoms with Crippen molar-refractivity contribution in [2.75, 3.05) is 0 Å². The van der Waals surface area contributed by atoms with Gasteiger partial charge in [0.1, 0.15) is 13.8 Å². The summed E-state index contributed by atoms with van der Waals surface area (Å²) in [5.41, 5.74) is 2.06. The second-order valence-corrected chi connectivity index (χ2v) is 12.7. The van der Waals surface area contributed by atoms with Gasteiger partial charge in [0.15, 0.2) is 0 Å². The van der Waals surface area contributed by atoms with Gasteiger partial charge < -0.3 is 5.11 Å². The summed E-state index contributed by atoms with van der Waals surface area (Å²) in [4.78, 5) is 0. The van der Waals surface area contributed by atoms with E-state index in [2.05, 4.69) is 81.9 Å². The smallest absolute Gasteiger partial charge is 0.123 e. The maximum Gasteiger partial charge on any atom is 0.123 e. The molecule has 0 saturated carbocycles. The van der Waals surface area contributed by atoms with E-state index in [-0.39, 0.29) is 5.04 Å². The lowest BCUT2D eigenvalue weighted by atomic mass is 10.0. The Balaban J connectivity index is 2.32. The van der Waals surface area contributed by atoms with Gasteiger partial charge in [-0.25, -0.2) is 0 Å². The molecule has 0 aliphatic carbocycles. The highest BCUT2D eigenvalue weighted by Crippen LogP contribution is 2.38. The van der Waals surface area contributed by atoms with E-state index in [1.165, 1.54) is 10.4 Å². The highest BCUT2D eigenvalue weighted by atomic mass is 28.3. The zero-order chi connectivity index (χ0) is 18.1. The fourth-order valence-corrected chi connectivity index (χ4v) is 7.65. The molecule has 0 bridgehead atoms. The standard InChI is InChI=1S/C23H26OSi/c1-23(2,3)25(4,18-12-6-5-7-13-18)22-17-11-9-15-20(22)19-14-8-10-16-21(19)24/h5-17,24H,1-4H3/t25-/m0/s1. The van der Waals surface area contributed by atoms with Crippen LogP contribution >= 0.6 is 0 Å². The van der Waals surface area contributed by atoms with Crippen molar-refractivity contribution in [2.24, 2.45) is 0 Å². The van der Waals surface area contributed by atoms with E-state index in [0.29, 0.717) is 5.75 Å². The summed E-state index contributed by atoms with van der Waals surface area (Å²) in [6.45, 7) is 9.47.